The first-order chi connectivity index (χ1) is 33.1. The van der Waals surface area contributed by atoms with Crippen molar-refractivity contribution in [2.24, 2.45) is 35.0 Å². The third-order valence-corrected chi connectivity index (χ3v) is 11.5. The number of unbranched alkanes of at least 4 members (excludes halogenated alkanes) is 4. The van der Waals surface area contributed by atoms with Crippen molar-refractivity contribution >= 4 is 53.2 Å². The smallest absolute Gasteiger partial charge is 0.245 e. The number of hydrogen-bond donors (Lipinski definition) is 14. The van der Waals surface area contributed by atoms with Crippen molar-refractivity contribution in [1.29, 1.82) is 0 Å². The van der Waals surface area contributed by atoms with Crippen LogP contribution < -0.4 is 65.1 Å². The Morgan fingerprint density at radius 3 is 1.37 bits per heavy atom. The van der Waals surface area contributed by atoms with Gasteiger partial charge in [0.2, 0.25) is 53.2 Å². The average molecular weight is 997 g/mol. The Bertz CT molecular complexity index is 1670. The van der Waals surface area contributed by atoms with Gasteiger partial charge in [0, 0.05) is 6.54 Å². The van der Waals surface area contributed by atoms with Gasteiger partial charge in [0.05, 0.1) is 19.1 Å². The molecule has 0 aromatic rings. The topological polar surface area (TPSA) is 380 Å². The number of carbonyl (C=O) groups is 9. The summed E-state index contributed by atoms with van der Waals surface area (Å²) in [5.74, 6) is -7.53. The zero-order valence-corrected chi connectivity index (χ0v) is 42.7. The molecule has 0 aliphatic carbocycles. The van der Waals surface area contributed by atoms with Gasteiger partial charge < -0.3 is 75.3 Å². The summed E-state index contributed by atoms with van der Waals surface area (Å²) in [5, 5.41) is 44.2. The molecule has 0 aromatic heterocycles. The van der Waals surface area contributed by atoms with Crippen molar-refractivity contribution in [3.8, 4) is 0 Å². The van der Waals surface area contributed by atoms with Crippen molar-refractivity contribution in [2.45, 2.75) is 193 Å². The Labute approximate surface area is 414 Å². The van der Waals surface area contributed by atoms with Crippen molar-refractivity contribution in [2.75, 3.05) is 32.8 Å². The van der Waals surface area contributed by atoms with Crippen molar-refractivity contribution in [3.05, 3.63) is 0 Å². The van der Waals surface area contributed by atoms with Crippen LogP contribution in [0.3, 0.4) is 0 Å². The number of hydrogen-bond acceptors (Lipinski definition) is 14. The van der Waals surface area contributed by atoms with Crippen molar-refractivity contribution < 1.29 is 53.4 Å². The molecule has 1 heterocycles. The molecule has 9 amide bonds. The minimum absolute atomic E-state index is 0.0412. The molecule has 402 valence electrons. The molecule has 23 nitrogen and oxygen atoms in total. The normalized spacial score (nSPS) is 23.8. The van der Waals surface area contributed by atoms with E-state index in [1.165, 1.54) is 0 Å². The maximum absolute atomic E-state index is 14.2. The zero-order chi connectivity index (χ0) is 52.9. The second-order valence-corrected chi connectivity index (χ2v) is 19.5. The summed E-state index contributed by atoms with van der Waals surface area (Å²) in [7, 11) is 0. The maximum atomic E-state index is 14.2. The van der Waals surface area contributed by atoms with E-state index < -0.39 is 114 Å². The SMILES string of the molecule is CCCCCCC[C@@H](O)CC(=O)N[C@H](CO)C(=O)N[C@H]1CCNC(=O)[C@H](CC(C)C)NC(=O)[C@H](CCN)NC(=O)[C@H](CCN)NC(=O)[C@H](CC(C)C)NC(=O)[C@@H](CC(C)C)NC(=O)[C@H](CCN)NC1=O. The standard InChI is InChI=1S/C47H88N12O11/c1-8-9-10-11-12-13-30(61)25-39(62)52-38(26-60)47(70)56-34-17-21-51-40(63)35(22-27(2)3)57-42(65)32(15-19-49)53-41(64)31(14-18-48)55-45(68)36(23-28(4)5)59-46(69)37(24-29(6)7)58-43(66)33(16-20-50)54-44(34)67/h27-38,60-61H,8-26,48-50H2,1-7H3,(H,51,63)(H,52,62)(H,53,64)(H,54,67)(H,55,68)(H,56,70)(H,57,65)(H,58,66)(H,59,69)/t30-,31+,32+,33+,34+,35+,36+,37-,38-/m1/s1. The molecule has 70 heavy (non-hydrogen) atoms. The quantitative estimate of drug-likeness (QED) is 0.0452. The maximum Gasteiger partial charge on any atom is 0.245 e. The van der Waals surface area contributed by atoms with Gasteiger partial charge >= 0.3 is 0 Å². The van der Waals surface area contributed by atoms with Crippen LogP contribution in [0, 0.1) is 17.8 Å². The van der Waals surface area contributed by atoms with Gasteiger partial charge in [-0.1, -0.05) is 80.6 Å². The van der Waals surface area contributed by atoms with E-state index in [1.54, 1.807) is 0 Å². The fourth-order valence-electron chi connectivity index (χ4n) is 7.80. The largest absolute Gasteiger partial charge is 0.394 e. The van der Waals surface area contributed by atoms with Crippen LogP contribution in [-0.4, -0.2) is 151 Å². The van der Waals surface area contributed by atoms with Gasteiger partial charge in [-0.15, -0.1) is 0 Å². The molecule has 0 aromatic carbocycles. The molecule has 1 saturated heterocycles. The summed E-state index contributed by atoms with van der Waals surface area (Å²) in [6.45, 7) is 11.6. The van der Waals surface area contributed by atoms with E-state index >= 15 is 0 Å². The van der Waals surface area contributed by atoms with Crippen LogP contribution in [0.2, 0.25) is 0 Å². The van der Waals surface area contributed by atoms with Gasteiger partial charge in [-0.05, 0) is 88.8 Å². The second-order valence-electron chi connectivity index (χ2n) is 19.5. The Balaban J connectivity index is 3.76. The highest BCUT2D eigenvalue weighted by molar-refractivity contribution is 5.98. The highest BCUT2D eigenvalue weighted by Gasteiger charge is 2.35. The van der Waals surface area contributed by atoms with E-state index in [4.69, 9.17) is 17.2 Å². The number of aliphatic hydroxyl groups excluding tert-OH is 2. The van der Waals surface area contributed by atoms with Crippen molar-refractivity contribution in [3.63, 3.8) is 0 Å². The predicted octanol–water partition coefficient (Wildman–Crippen LogP) is -2.33. The molecule has 23 heteroatoms. The Kier molecular flexibility index (Phi) is 31.0. The molecule has 1 aliphatic rings. The molecule has 0 saturated carbocycles. The number of rotatable bonds is 24. The molecular weight excluding hydrogens is 909 g/mol. The molecule has 0 unspecified atom stereocenters. The molecule has 9 atom stereocenters. The lowest BCUT2D eigenvalue weighted by Crippen LogP contribution is -2.61. The molecule has 1 aliphatic heterocycles. The first kappa shape index (κ1) is 63.0. The molecule has 1 fully saturated rings. The van der Waals surface area contributed by atoms with Crippen LogP contribution in [0.5, 0.6) is 0 Å². The summed E-state index contributed by atoms with van der Waals surface area (Å²) >= 11 is 0. The lowest BCUT2D eigenvalue weighted by atomic mass is 9.99. The summed E-state index contributed by atoms with van der Waals surface area (Å²) in [6.07, 6.45) is 3.53. The molecule has 1 rings (SSSR count). The summed E-state index contributed by atoms with van der Waals surface area (Å²) in [6, 6.07) is -10.6. The number of amides is 9. The number of nitrogens with one attached hydrogen (secondary N) is 9. The van der Waals surface area contributed by atoms with E-state index in [0.29, 0.717) is 12.8 Å². The number of nitrogens with two attached hydrogens (primary N) is 3. The average Bonchev–Trinajstić information content (AvgIpc) is 3.28. The molecular formula is C47H88N12O11. The van der Waals surface area contributed by atoms with Crippen LogP contribution in [0.15, 0.2) is 0 Å². The fourth-order valence-corrected chi connectivity index (χ4v) is 7.80. The van der Waals surface area contributed by atoms with Gasteiger partial charge in [0.1, 0.15) is 48.3 Å². The van der Waals surface area contributed by atoms with Gasteiger partial charge in [-0.3, -0.25) is 43.2 Å². The van der Waals surface area contributed by atoms with Crippen LogP contribution in [0.25, 0.3) is 0 Å². The highest BCUT2D eigenvalue weighted by Crippen LogP contribution is 2.13. The fraction of sp³-hybridized carbons (Fsp3) is 0.809. The molecule has 0 spiro atoms. The summed E-state index contributed by atoms with van der Waals surface area (Å²) < 4.78 is 0. The highest BCUT2D eigenvalue weighted by atomic mass is 16.3. The van der Waals surface area contributed by atoms with Crippen LogP contribution in [0.4, 0.5) is 0 Å². The lowest BCUT2D eigenvalue weighted by Gasteiger charge is -2.29. The number of carbonyl (C=O) groups excluding carboxylic acids is 9. The van der Waals surface area contributed by atoms with Crippen LogP contribution >= 0.6 is 0 Å². The molecule has 0 bridgehead atoms. The summed E-state index contributed by atoms with van der Waals surface area (Å²) in [5.41, 5.74) is 17.6. The third kappa shape index (κ3) is 24.7. The first-order valence-corrected chi connectivity index (χ1v) is 25.2. The van der Waals surface area contributed by atoms with Crippen LogP contribution in [-0.2, 0) is 43.2 Å². The zero-order valence-electron chi connectivity index (χ0n) is 42.7. The second kappa shape index (κ2) is 34.4. The van der Waals surface area contributed by atoms with E-state index in [-0.39, 0.29) is 95.3 Å². The monoisotopic (exact) mass is 997 g/mol. The third-order valence-electron chi connectivity index (χ3n) is 11.5. The summed E-state index contributed by atoms with van der Waals surface area (Å²) in [4.78, 5) is 124. The Hall–Kier alpha value is -4.97. The lowest BCUT2D eigenvalue weighted by molar-refractivity contribution is -0.136. The van der Waals surface area contributed by atoms with Crippen LogP contribution in [0.1, 0.15) is 138 Å². The predicted molar refractivity (Wildman–Crippen MR) is 264 cm³/mol. The minimum Gasteiger partial charge on any atom is -0.394 e. The minimum atomic E-state index is -1.57. The molecule has 0 radical (unpaired) electrons. The van der Waals surface area contributed by atoms with Gasteiger partial charge in [-0.25, -0.2) is 0 Å². The van der Waals surface area contributed by atoms with Gasteiger partial charge in [-0.2, -0.15) is 0 Å². The Morgan fingerprint density at radius 2 is 0.971 bits per heavy atom. The van der Waals surface area contributed by atoms with E-state index in [1.807, 2.05) is 41.5 Å². The van der Waals surface area contributed by atoms with Gasteiger partial charge in [0.15, 0.2) is 0 Å². The Morgan fingerprint density at radius 1 is 0.586 bits per heavy atom. The van der Waals surface area contributed by atoms with E-state index in [2.05, 4.69) is 54.8 Å². The van der Waals surface area contributed by atoms with Crippen molar-refractivity contribution in [1.82, 2.24) is 47.9 Å². The van der Waals surface area contributed by atoms with E-state index in [9.17, 15) is 53.4 Å². The van der Waals surface area contributed by atoms with Gasteiger partial charge in [0.25, 0.3) is 0 Å². The molecule has 17 N–H and O–H groups in total. The first-order valence-electron chi connectivity index (χ1n) is 25.2. The number of aliphatic hydroxyl groups is 2. The van der Waals surface area contributed by atoms with E-state index in [0.717, 1.165) is 25.7 Å².